The van der Waals surface area contributed by atoms with E-state index in [1.807, 2.05) is 12.1 Å². The zero-order valence-electron chi connectivity index (χ0n) is 17.9. The van der Waals surface area contributed by atoms with E-state index in [4.69, 9.17) is 23.6 Å². The van der Waals surface area contributed by atoms with Crippen LogP contribution in [0.25, 0.3) is 31.9 Å². The quantitative estimate of drug-likeness (QED) is 0.442. The van der Waals surface area contributed by atoms with E-state index in [-0.39, 0.29) is 11.9 Å². The summed E-state index contributed by atoms with van der Waals surface area (Å²) in [6.07, 6.45) is 3.65. The number of furan rings is 1. The van der Waals surface area contributed by atoms with Crippen molar-refractivity contribution in [3.8, 4) is 11.5 Å². The van der Waals surface area contributed by atoms with Crippen molar-refractivity contribution < 1.29 is 18.6 Å². The molecule has 0 saturated heterocycles. The Bertz CT molecular complexity index is 1230. The minimum atomic E-state index is -0.367. The third kappa shape index (κ3) is 3.57. The normalized spacial score (nSPS) is 15.6. The molecule has 0 amide bonds. The van der Waals surface area contributed by atoms with E-state index in [0.717, 1.165) is 49.7 Å². The monoisotopic (exact) mass is 440 g/mol. The van der Waals surface area contributed by atoms with Crippen LogP contribution in [0.15, 0.2) is 29.1 Å². The predicted octanol–water partition coefficient (Wildman–Crippen LogP) is 4.38. The summed E-state index contributed by atoms with van der Waals surface area (Å²) in [7, 11) is 3.22. The van der Waals surface area contributed by atoms with Crippen LogP contribution in [0.1, 0.15) is 25.0 Å². The van der Waals surface area contributed by atoms with Gasteiger partial charge in [0.05, 0.1) is 35.2 Å². The van der Waals surface area contributed by atoms with Crippen molar-refractivity contribution in [3.63, 3.8) is 0 Å². The van der Waals surface area contributed by atoms with Crippen LogP contribution >= 0.6 is 11.3 Å². The van der Waals surface area contributed by atoms with Gasteiger partial charge in [-0.05, 0) is 31.5 Å². The third-order valence-corrected chi connectivity index (χ3v) is 6.62. The van der Waals surface area contributed by atoms with Gasteiger partial charge in [0, 0.05) is 31.6 Å². The molecule has 9 heteroatoms. The summed E-state index contributed by atoms with van der Waals surface area (Å²) >= 11 is 1.58. The summed E-state index contributed by atoms with van der Waals surface area (Å²) in [6.45, 7) is 5.18. The Labute approximate surface area is 183 Å². The van der Waals surface area contributed by atoms with Crippen LogP contribution in [0.4, 0.5) is 5.82 Å². The van der Waals surface area contributed by atoms with Crippen LogP contribution < -0.4 is 5.32 Å². The third-order valence-electron chi connectivity index (χ3n) is 5.54. The van der Waals surface area contributed by atoms with Crippen molar-refractivity contribution in [1.82, 2.24) is 15.0 Å². The number of nitrogens with zero attached hydrogens (tertiary/aromatic N) is 3. The highest BCUT2D eigenvalue weighted by Crippen LogP contribution is 2.44. The highest BCUT2D eigenvalue weighted by Gasteiger charge is 2.32. The number of anilines is 1. The molecular formula is C22H24N4O4S. The van der Waals surface area contributed by atoms with Gasteiger partial charge in [-0.15, -0.1) is 11.3 Å². The molecule has 5 rings (SSSR count). The molecular weight excluding hydrogens is 416 g/mol. The van der Waals surface area contributed by atoms with Crippen molar-refractivity contribution >= 4 is 37.6 Å². The number of nitrogens with one attached hydrogen (secondary N) is 1. The molecule has 0 spiro atoms. The molecule has 162 valence electrons. The number of hydrogen-bond acceptors (Lipinski definition) is 9. The molecule has 0 radical (unpaired) electrons. The first-order chi connectivity index (χ1) is 15.0. The molecule has 5 heterocycles. The molecule has 4 aromatic heterocycles. The maximum Gasteiger partial charge on any atom is 0.173 e. The fraction of sp³-hybridized carbons (Fsp3) is 0.409. The number of methoxy groups -OCH3 is 2. The largest absolute Gasteiger partial charge is 0.463 e. The van der Waals surface area contributed by atoms with E-state index < -0.39 is 0 Å². The molecule has 1 aliphatic rings. The lowest BCUT2D eigenvalue weighted by Gasteiger charge is -2.32. The minimum absolute atomic E-state index is 0.270. The van der Waals surface area contributed by atoms with E-state index >= 15 is 0 Å². The molecule has 8 nitrogen and oxygen atoms in total. The summed E-state index contributed by atoms with van der Waals surface area (Å²) in [6, 6.07) is 3.81. The number of thiophene rings is 1. The second-order valence-corrected chi connectivity index (χ2v) is 9.08. The molecule has 0 fully saturated rings. The summed E-state index contributed by atoms with van der Waals surface area (Å²) in [5, 5.41) is 4.40. The number of pyridine rings is 1. The second kappa shape index (κ2) is 7.83. The van der Waals surface area contributed by atoms with E-state index in [9.17, 15) is 0 Å². The van der Waals surface area contributed by atoms with Crippen molar-refractivity contribution in [2.24, 2.45) is 0 Å². The van der Waals surface area contributed by atoms with Crippen molar-refractivity contribution in [3.05, 3.63) is 35.9 Å². The lowest BCUT2D eigenvalue weighted by atomic mass is 9.89. The predicted molar refractivity (Wildman–Crippen MR) is 119 cm³/mol. The molecule has 1 N–H and O–H groups in total. The van der Waals surface area contributed by atoms with Crippen LogP contribution in [-0.4, -0.2) is 47.6 Å². The van der Waals surface area contributed by atoms with Gasteiger partial charge in [0.2, 0.25) is 0 Å². The Hall–Kier alpha value is -2.59. The summed E-state index contributed by atoms with van der Waals surface area (Å²) in [4.78, 5) is 15.0. The Morgan fingerprint density at radius 1 is 1.23 bits per heavy atom. The van der Waals surface area contributed by atoms with Crippen molar-refractivity contribution in [1.29, 1.82) is 0 Å². The average molecular weight is 441 g/mol. The number of hydrogen-bond donors (Lipinski definition) is 1. The maximum atomic E-state index is 6.13. The fourth-order valence-corrected chi connectivity index (χ4v) is 5.12. The molecule has 4 aromatic rings. The standard InChI is InChI=1S/C22H24N4O4S/c1-22(2)8-12-13(10-30-22)17(14-6-5-7-29-14)26-21-16(12)18-19(31-21)20(25-11-24-18)23-9-15(27-3)28-4/h5-7,11,15H,8-10H2,1-4H3,(H,23,24,25). The zero-order valence-corrected chi connectivity index (χ0v) is 18.7. The first-order valence-corrected chi connectivity index (χ1v) is 10.9. The van der Waals surface area contributed by atoms with E-state index in [1.54, 1.807) is 38.1 Å². The number of ether oxygens (including phenoxy) is 3. The van der Waals surface area contributed by atoms with Crippen molar-refractivity contribution in [2.75, 3.05) is 26.1 Å². The fourth-order valence-electron chi connectivity index (χ4n) is 3.99. The van der Waals surface area contributed by atoms with E-state index in [0.29, 0.717) is 13.2 Å². The SMILES string of the molecule is COC(CNc1ncnc2c1sc1nc(-c3ccco3)c3c(c12)CC(C)(C)OC3)OC. The first kappa shape index (κ1) is 20.3. The Morgan fingerprint density at radius 3 is 2.81 bits per heavy atom. The smallest absolute Gasteiger partial charge is 0.173 e. The average Bonchev–Trinajstić information content (AvgIpc) is 3.41. The maximum absolute atomic E-state index is 6.13. The molecule has 0 atom stereocenters. The Balaban J connectivity index is 1.71. The molecule has 0 saturated carbocycles. The number of aromatic nitrogens is 3. The molecule has 31 heavy (non-hydrogen) atoms. The number of fused-ring (bicyclic) bond motifs is 5. The van der Waals surface area contributed by atoms with Crippen LogP contribution in [0.5, 0.6) is 0 Å². The summed E-state index contributed by atoms with van der Waals surface area (Å²) in [5.74, 6) is 1.48. The molecule has 0 unspecified atom stereocenters. The summed E-state index contributed by atoms with van der Waals surface area (Å²) < 4.78 is 23.4. The summed E-state index contributed by atoms with van der Waals surface area (Å²) in [5.41, 5.74) is 3.74. The van der Waals surface area contributed by atoms with Gasteiger partial charge in [0.1, 0.15) is 22.7 Å². The Morgan fingerprint density at radius 2 is 2.06 bits per heavy atom. The van der Waals surface area contributed by atoms with Crippen LogP contribution in [0.3, 0.4) is 0 Å². The van der Waals surface area contributed by atoms with Gasteiger partial charge in [0.15, 0.2) is 12.1 Å². The molecule has 1 aliphatic heterocycles. The highest BCUT2D eigenvalue weighted by molar-refractivity contribution is 7.26. The van der Waals surface area contributed by atoms with Gasteiger partial charge in [-0.2, -0.15) is 0 Å². The lowest BCUT2D eigenvalue weighted by Crippen LogP contribution is -2.32. The topological polar surface area (TPSA) is 91.5 Å². The molecule has 0 aromatic carbocycles. The van der Waals surface area contributed by atoms with Crippen LogP contribution in [-0.2, 0) is 27.2 Å². The van der Waals surface area contributed by atoms with Gasteiger partial charge in [-0.3, -0.25) is 0 Å². The van der Waals surface area contributed by atoms with Crippen LogP contribution in [0, 0.1) is 0 Å². The van der Waals surface area contributed by atoms with Gasteiger partial charge < -0.3 is 23.9 Å². The molecule has 0 bridgehead atoms. The van der Waals surface area contributed by atoms with Crippen molar-refractivity contribution in [2.45, 2.75) is 38.8 Å². The zero-order chi connectivity index (χ0) is 21.6. The lowest BCUT2D eigenvalue weighted by molar-refractivity contribution is -0.0914. The Kier molecular flexibility index (Phi) is 5.13. The second-order valence-electron chi connectivity index (χ2n) is 8.08. The van der Waals surface area contributed by atoms with Crippen LogP contribution in [0.2, 0.25) is 0 Å². The molecule has 0 aliphatic carbocycles. The first-order valence-electron chi connectivity index (χ1n) is 10.1. The highest BCUT2D eigenvalue weighted by atomic mass is 32.1. The van der Waals surface area contributed by atoms with E-state index in [2.05, 4.69) is 29.1 Å². The number of rotatable bonds is 6. The van der Waals surface area contributed by atoms with Gasteiger partial charge in [-0.1, -0.05) is 0 Å². The van der Waals surface area contributed by atoms with E-state index in [1.165, 1.54) is 5.56 Å². The van der Waals surface area contributed by atoms with Gasteiger partial charge >= 0.3 is 0 Å². The minimum Gasteiger partial charge on any atom is -0.463 e. The van der Waals surface area contributed by atoms with Gasteiger partial charge in [-0.25, -0.2) is 15.0 Å². The van der Waals surface area contributed by atoms with Gasteiger partial charge in [0.25, 0.3) is 0 Å².